The summed E-state index contributed by atoms with van der Waals surface area (Å²) in [6.07, 6.45) is 0. The van der Waals surface area contributed by atoms with E-state index in [2.05, 4.69) is 4.98 Å². The van der Waals surface area contributed by atoms with Gasteiger partial charge in [0.05, 0.1) is 30.3 Å². The second-order valence-corrected chi connectivity index (χ2v) is 8.70. The molecule has 0 fully saturated rings. The topological polar surface area (TPSA) is 83.6 Å². The van der Waals surface area contributed by atoms with Crippen molar-refractivity contribution in [3.05, 3.63) is 59.6 Å². The average molecular weight is 421 g/mol. The van der Waals surface area contributed by atoms with E-state index in [-0.39, 0.29) is 23.7 Å². The van der Waals surface area contributed by atoms with Gasteiger partial charge in [0.25, 0.3) is 0 Å². The zero-order chi connectivity index (χ0) is 22.3. The van der Waals surface area contributed by atoms with Crippen molar-refractivity contribution in [3.8, 4) is 11.5 Å². The molecular formula is C24H28N4O3. The smallest absolute Gasteiger partial charge is 0.148 e. The number of nitrogens with one attached hydrogen (secondary N) is 1. The molecule has 1 aliphatic heterocycles. The Bertz CT molecular complexity index is 1190. The summed E-state index contributed by atoms with van der Waals surface area (Å²) in [4.78, 5) is 6.51. The number of aliphatic hydroxyl groups excluding tert-OH is 1. The number of methoxy groups -OCH3 is 1. The maximum atomic E-state index is 10.8. The van der Waals surface area contributed by atoms with Crippen molar-refractivity contribution in [2.24, 2.45) is 7.05 Å². The van der Waals surface area contributed by atoms with Crippen LogP contribution in [0.3, 0.4) is 0 Å². The summed E-state index contributed by atoms with van der Waals surface area (Å²) in [7, 11) is 3.50. The number of ether oxygens (including phenoxy) is 2. The normalized spacial score (nSPS) is 14.6. The van der Waals surface area contributed by atoms with Crippen LogP contribution in [0, 0.1) is 5.41 Å². The largest absolute Gasteiger partial charge is 0.510 e. The summed E-state index contributed by atoms with van der Waals surface area (Å²) in [5.74, 6) is 2.45. The molecular weight excluding hydrogens is 392 g/mol. The first-order chi connectivity index (χ1) is 14.7. The second kappa shape index (κ2) is 7.65. The molecule has 2 N–H and O–H groups in total. The van der Waals surface area contributed by atoms with Gasteiger partial charge >= 0.3 is 0 Å². The molecule has 1 aromatic heterocycles. The summed E-state index contributed by atoms with van der Waals surface area (Å²) in [5.41, 5.74) is 2.75. The molecule has 162 valence electrons. The van der Waals surface area contributed by atoms with Crippen molar-refractivity contribution in [1.29, 1.82) is 5.41 Å². The number of benzene rings is 2. The third kappa shape index (κ3) is 3.95. The number of fused-ring (bicyclic) bond motifs is 1. The highest BCUT2D eigenvalue weighted by Crippen LogP contribution is 2.32. The third-order valence-electron chi connectivity index (χ3n) is 5.24. The van der Waals surface area contributed by atoms with Crippen LogP contribution in [0.1, 0.15) is 32.2 Å². The van der Waals surface area contributed by atoms with Crippen LogP contribution in [-0.4, -0.2) is 44.6 Å². The Labute approximate surface area is 182 Å². The molecule has 0 atom stereocenters. The zero-order valence-electron chi connectivity index (χ0n) is 18.6. The number of aryl methyl sites for hydroxylation is 1. The molecule has 0 saturated carbocycles. The Morgan fingerprint density at radius 2 is 1.90 bits per heavy atom. The van der Waals surface area contributed by atoms with Gasteiger partial charge in [-0.15, -0.1) is 0 Å². The van der Waals surface area contributed by atoms with Crippen LogP contribution in [0.15, 0.2) is 48.2 Å². The van der Waals surface area contributed by atoms with Crippen molar-refractivity contribution in [2.45, 2.75) is 32.9 Å². The Morgan fingerprint density at radius 3 is 2.61 bits per heavy atom. The van der Waals surface area contributed by atoms with Gasteiger partial charge in [-0.2, -0.15) is 0 Å². The first-order valence-electron chi connectivity index (χ1n) is 10.2. The number of imidazole rings is 1. The van der Waals surface area contributed by atoms with E-state index < -0.39 is 0 Å². The van der Waals surface area contributed by atoms with E-state index in [4.69, 9.17) is 14.9 Å². The molecule has 0 saturated heterocycles. The van der Waals surface area contributed by atoms with Gasteiger partial charge in [0.15, 0.2) is 0 Å². The fourth-order valence-electron chi connectivity index (χ4n) is 3.80. The summed E-state index contributed by atoms with van der Waals surface area (Å²) in [6.45, 7) is 6.73. The molecule has 2 heterocycles. The highest BCUT2D eigenvalue weighted by molar-refractivity contribution is 6.23. The number of amidine groups is 1. The van der Waals surface area contributed by atoms with Gasteiger partial charge in [0.2, 0.25) is 0 Å². The van der Waals surface area contributed by atoms with Crippen LogP contribution in [-0.2, 0) is 13.6 Å². The van der Waals surface area contributed by atoms with E-state index in [0.29, 0.717) is 23.7 Å². The molecule has 4 rings (SSSR count). The summed E-state index contributed by atoms with van der Waals surface area (Å²) < 4.78 is 13.3. The van der Waals surface area contributed by atoms with Crippen LogP contribution in [0.5, 0.6) is 11.5 Å². The van der Waals surface area contributed by atoms with E-state index in [1.54, 1.807) is 7.11 Å². The maximum absolute atomic E-state index is 10.8. The van der Waals surface area contributed by atoms with E-state index in [9.17, 15) is 5.11 Å². The summed E-state index contributed by atoms with van der Waals surface area (Å²) in [6, 6.07) is 13.5. The molecule has 0 radical (unpaired) electrons. The zero-order valence-corrected chi connectivity index (χ0v) is 18.6. The monoisotopic (exact) mass is 420 g/mol. The van der Waals surface area contributed by atoms with E-state index >= 15 is 0 Å². The van der Waals surface area contributed by atoms with Crippen LogP contribution >= 0.6 is 0 Å². The minimum Gasteiger partial charge on any atom is -0.510 e. The Kier molecular flexibility index (Phi) is 5.13. The van der Waals surface area contributed by atoms with E-state index in [0.717, 1.165) is 22.3 Å². The van der Waals surface area contributed by atoms with Crippen LogP contribution < -0.4 is 9.47 Å². The maximum Gasteiger partial charge on any atom is 0.148 e. The third-order valence-corrected chi connectivity index (χ3v) is 5.24. The molecule has 2 aromatic carbocycles. The molecule has 0 unspecified atom stereocenters. The summed E-state index contributed by atoms with van der Waals surface area (Å²) >= 11 is 0. The van der Waals surface area contributed by atoms with Crippen LogP contribution in [0.4, 0.5) is 0 Å². The Hall–Kier alpha value is -3.48. The highest BCUT2D eigenvalue weighted by Gasteiger charge is 2.32. The van der Waals surface area contributed by atoms with E-state index in [1.807, 2.05) is 79.8 Å². The Morgan fingerprint density at radius 1 is 1.16 bits per heavy atom. The van der Waals surface area contributed by atoms with Gasteiger partial charge in [0.1, 0.15) is 34.5 Å². The standard InChI is InChI=1S/C24H28N4O3/c1-24(2,3)31-20-9-7-6-8-15(20)13-28-14-19(29)21(22(28)25)23-26-17-12-16(30-5)10-11-18(17)27(23)4/h6-12,25,29H,13-14H2,1-5H3. The van der Waals surface area contributed by atoms with Crippen molar-refractivity contribution in [3.63, 3.8) is 0 Å². The highest BCUT2D eigenvalue weighted by atomic mass is 16.5. The molecule has 0 amide bonds. The number of hydrogen-bond donors (Lipinski definition) is 2. The van der Waals surface area contributed by atoms with Gasteiger partial charge in [0, 0.05) is 25.2 Å². The van der Waals surface area contributed by atoms with Gasteiger partial charge < -0.3 is 24.0 Å². The molecule has 3 aromatic rings. The number of para-hydroxylation sites is 1. The Balaban J connectivity index is 1.63. The molecule has 0 bridgehead atoms. The van der Waals surface area contributed by atoms with Gasteiger partial charge in [-0.25, -0.2) is 4.98 Å². The predicted octanol–water partition coefficient (Wildman–Crippen LogP) is 4.52. The van der Waals surface area contributed by atoms with Crippen LogP contribution in [0.2, 0.25) is 0 Å². The van der Waals surface area contributed by atoms with Crippen molar-refractivity contribution >= 4 is 22.4 Å². The van der Waals surface area contributed by atoms with Crippen molar-refractivity contribution in [1.82, 2.24) is 14.5 Å². The SMILES string of the molecule is COc1ccc2c(c1)nc(C1=C(O)CN(Cc3ccccc3OC(C)(C)C)C1=N)n2C. The van der Waals surface area contributed by atoms with E-state index in [1.165, 1.54) is 0 Å². The number of aliphatic hydroxyl groups is 1. The average Bonchev–Trinajstić information content (AvgIpc) is 3.17. The van der Waals surface area contributed by atoms with Crippen molar-refractivity contribution < 1.29 is 14.6 Å². The lowest BCUT2D eigenvalue weighted by Gasteiger charge is -2.25. The second-order valence-electron chi connectivity index (χ2n) is 8.70. The minimum absolute atomic E-state index is 0.143. The fourth-order valence-corrected chi connectivity index (χ4v) is 3.80. The molecule has 0 aliphatic carbocycles. The number of hydrogen-bond acceptors (Lipinski definition) is 5. The molecule has 1 aliphatic rings. The first-order valence-corrected chi connectivity index (χ1v) is 10.2. The number of nitrogens with zero attached hydrogens (tertiary/aromatic N) is 3. The molecule has 7 nitrogen and oxygen atoms in total. The molecule has 7 heteroatoms. The van der Waals surface area contributed by atoms with Crippen LogP contribution in [0.25, 0.3) is 16.6 Å². The predicted molar refractivity (Wildman–Crippen MR) is 122 cm³/mol. The lowest BCUT2D eigenvalue weighted by atomic mass is 10.1. The van der Waals surface area contributed by atoms with Gasteiger partial charge in [-0.05, 0) is 39.0 Å². The minimum atomic E-state index is -0.325. The van der Waals surface area contributed by atoms with Gasteiger partial charge in [-0.1, -0.05) is 18.2 Å². The summed E-state index contributed by atoms with van der Waals surface area (Å²) in [5, 5.41) is 19.5. The quantitative estimate of drug-likeness (QED) is 0.634. The molecule has 31 heavy (non-hydrogen) atoms. The lowest BCUT2D eigenvalue weighted by Crippen LogP contribution is -2.28. The lowest BCUT2D eigenvalue weighted by molar-refractivity contribution is 0.128. The van der Waals surface area contributed by atoms with Gasteiger partial charge in [-0.3, -0.25) is 5.41 Å². The fraction of sp³-hybridized carbons (Fsp3) is 0.333. The number of aromatic nitrogens is 2. The van der Waals surface area contributed by atoms with Crippen molar-refractivity contribution in [2.75, 3.05) is 13.7 Å². The first kappa shape index (κ1) is 20.8. The molecule has 0 spiro atoms. The number of rotatable bonds is 5.